The highest BCUT2D eigenvalue weighted by Crippen LogP contribution is 2.39. The molecule has 0 saturated heterocycles. The molecule has 0 amide bonds. The molecule has 1 aliphatic rings. The summed E-state index contributed by atoms with van der Waals surface area (Å²) in [6, 6.07) is 16.5. The predicted molar refractivity (Wildman–Crippen MR) is 157 cm³/mol. The number of ketones is 3. The van der Waals surface area contributed by atoms with E-state index in [1.54, 1.807) is 18.4 Å². The summed E-state index contributed by atoms with van der Waals surface area (Å²) in [5.41, 5.74) is 4.42. The van der Waals surface area contributed by atoms with Crippen LogP contribution in [0.15, 0.2) is 63.9 Å². The maximum Gasteiger partial charge on any atom is 0.439 e. The van der Waals surface area contributed by atoms with E-state index in [2.05, 4.69) is 19.6 Å². The number of ether oxygens (including phenoxy) is 1. The Balaban J connectivity index is 1.43. The summed E-state index contributed by atoms with van der Waals surface area (Å²) in [6.07, 6.45) is 0. The number of aromatic amines is 1. The molecule has 2 unspecified atom stereocenters. The Morgan fingerprint density at radius 1 is 1.05 bits per heavy atom. The molecule has 1 aliphatic carbocycles. The van der Waals surface area contributed by atoms with Crippen molar-refractivity contribution < 1.29 is 33.5 Å². The molecular formula is C32H26N4O8. The summed E-state index contributed by atoms with van der Waals surface area (Å²) >= 11 is 0. The van der Waals surface area contributed by atoms with E-state index in [0.29, 0.717) is 28.0 Å². The van der Waals surface area contributed by atoms with Crippen LogP contribution in [0.4, 0.5) is 0 Å². The van der Waals surface area contributed by atoms with Gasteiger partial charge < -0.3 is 9.84 Å². The molecule has 2 aromatic heterocycles. The Hall–Kier alpha value is -5.65. The van der Waals surface area contributed by atoms with Gasteiger partial charge in [-0.1, -0.05) is 60.6 Å². The lowest BCUT2D eigenvalue weighted by atomic mass is 9.85. The molecular weight excluding hydrogens is 568 g/mol. The lowest BCUT2D eigenvalue weighted by molar-refractivity contribution is -0.140. The van der Waals surface area contributed by atoms with Gasteiger partial charge in [0.25, 0.3) is 11.8 Å². The van der Waals surface area contributed by atoms with Crippen LogP contribution in [-0.2, 0) is 20.9 Å². The van der Waals surface area contributed by atoms with Gasteiger partial charge in [0.2, 0.25) is 11.6 Å². The number of H-pyrrole nitrogens is 1. The fourth-order valence-corrected chi connectivity index (χ4v) is 5.83. The second-order valence-corrected chi connectivity index (χ2v) is 10.6. The van der Waals surface area contributed by atoms with Gasteiger partial charge in [-0.05, 0) is 47.7 Å². The average molecular weight is 595 g/mol. The zero-order valence-electron chi connectivity index (χ0n) is 23.9. The Labute approximate surface area is 249 Å². The van der Waals surface area contributed by atoms with Crippen LogP contribution in [0.1, 0.15) is 46.8 Å². The number of hydrogen-bond acceptors (Lipinski definition) is 9. The quantitative estimate of drug-likeness (QED) is 0.250. The first-order chi connectivity index (χ1) is 21.1. The van der Waals surface area contributed by atoms with Crippen LogP contribution in [0.5, 0.6) is 6.01 Å². The molecule has 12 nitrogen and oxygen atoms in total. The molecule has 2 heterocycles. The molecule has 12 heteroatoms. The monoisotopic (exact) mass is 594 g/mol. The molecule has 0 aliphatic heterocycles. The number of hydrogen-bond donors (Lipinski definition) is 2. The minimum absolute atomic E-state index is 0.127. The summed E-state index contributed by atoms with van der Waals surface area (Å²) in [4.78, 5) is 68.5. The van der Waals surface area contributed by atoms with E-state index < -0.39 is 40.9 Å². The number of aromatic carboxylic acids is 1. The van der Waals surface area contributed by atoms with E-state index in [1.165, 1.54) is 13.0 Å². The molecule has 1 fully saturated rings. The van der Waals surface area contributed by atoms with E-state index in [9.17, 15) is 29.1 Å². The van der Waals surface area contributed by atoms with Crippen molar-refractivity contribution in [2.45, 2.75) is 33.2 Å². The molecule has 0 spiro atoms. The lowest BCUT2D eigenvalue weighted by Gasteiger charge is -2.17. The molecule has 6 rings (SSSR count). The number of aryl methyl sites for hydroxylation is 1. The van der Waals surface area contributed by atoms with Crippen molar-refractivity contribution in [2.24, 2.45) is 5.92 Å². The number of fused-ring (bicyclic) bond motifs is 1. The zero-order valence-corrected chi connectivity index (χ0v) is 23.9. The van der Waals surface area contributed by atoms with Crippen molar-refractivity contribution >= 4 is 34.4 Å². The summed E-state index contributed by atoms with van der Waals surface area (Å²) in [6.45, 7) is 5.44. The topological polar surface area (TPSA) is 174 Å². The minimum atomic E-state index is -1.26. The van der Waals surface area contributed by atoms with Crippen molar-refractivity contribution in [1.29, 1.82) is 0 Å². The Bertz CT molecular complexity index is 2050. The Kier molecular flexibility index (Phi) is 7.04. The van der Waals surface area contributed by atoms with Gasteiger partial charge in [0.05, 0.1) is 35.7 Å². The molecule has 0 radical (unpaired) electrons. The maximum atomic E-state index is 12.8. The van der Waals surface area contributed by atoms with Gasteiger partial charge in [-0.3, -0.25) is 28.5 Å². The summed E-state index contributed by atoms with van der Waals surface area (Å²) in [5, 5.41) is 14.1. The van der Waals surface area contributed by atoms with Crippen LogP contribution in [0.2, 0.25) is 0 Å². The van der Waals surface area contributed by atoms with Crippen LogP contribution in [0.3, 0.4) is 0 Å². The van der Waals surface area contributed by atoms with Crippen LogP contribution >= 0.6 is 0 Å². The number of nitrogens with one attached hydrogen (secondary N) is 1. The predicted octanol–water partition coefficient (Wildman–Crippen LogP) is 3.94. The third-order valence-corrected chi connectivity index (χ3v) is 7.99. The van der Waals surface area contributed by atoms with Crippen LogP contribution in [0, 0.1) is 12.8 Å². The number of benzene rings is 3. The largest absolute Gasteiger partial charge is 0.478 e. The van der Waals surface area contributed by atoms with Gasteiger partial charge in [-0.2, -0.15) is 4.98 Å². The lowest BCUT2D eigenvalue weighted by Crippen LogP contribution is -2.17. The van der Waals surface area contributed by atoms with Gasteiger partial charge in [0, 0.05) is 11.5 Å². The van der Waals surface area contributed by atoms with E-state index >= 15 is 0 Å². The SMILES string of the molecule is CCOc1nc2c(C)c(C3C(=O)C(=O)C(=O)C3C)cc(C(=O)O)c2n1Cc1ccc(-c2ccccc2-c2noc(=O)[nH]2)cc1. The van der Waals surface area contributed by atoms with E-state index in [1.807, 2.05) is 48.5 Å². The number of carboxylic acid groups (broad SMARTS) is 1. The molecule has 1 saturated carbocycles. The highest BCUT2D eigenvalue weighted by Gasteiger charge is 2.48. The van der Waals surface area contributed by atoms with Crippen LogP contribution in [0.25, 0.3) is 33.5 Å². The molecule has 5 aromatic rings. The van der Waals surface area contributed by atoms with E-state index in [0.717, 1.165) is 16.7 Å². The number of imidazole rings is 1. The first-order valence-corrected chi connectivity index (χ1v) is 13.9. The standard InChI is InChI=1S/C32H26N4O8/c1-4-43-31-33-24-15(2)21(23-16(3)26(37)28(39)27(23)38)13-22(30(40)41)25(24)36(31)14-17-9-11-18(12-10-17)19-7-5-6-8-20(19)29-34-32(42)44-35-29/h5-13,16,23H,4,14H2,1-3H3,(H,40,41)(H,34,35,42). The number of carbonyl (C=O) groups is 4. The zero-order chi connectivity index (χ0) is 31.3. The molecule has 3 aromatic carbocycles. The van der Waals surface area contributed by atoms with Crippen molar-refractivity contribution in [3.8, 4) is 28.5 Å². The third kappa shape index (κ3) is 4.60. The van der Waals surface area contributed by atoms with Gasteiger partial charge in [-0.15, -0.1) is 0 Å². The summed E-state index contributed by atoms with van der Waals surface area (Å²) < 4.78 is 12.2. The first kappa shape index (κ1) is 28.5. The maximum absolute atomic E-state index is 12.8. The van der Waals surface area contributed by atoms with Gasteiger partial charge >= 0.3 is 11.7 Å². The Morgan fingerprint density at radius 2 is 1.75 bits per heavy atom. The number of carbonyl (C=O) groups excluding carboxylic acids is 3. The number of carboxylic acids is 1. The van der Waals surface area contributed by atoms with Gasteiger partial charge in [-0.25, -0.2) is 9.59 Å². The fourth-order valence-electron chi connectivity index (χ4n) is 5.83. The Morgan fingerprint density at radius 3 is 2.34 bits per heavy atom. The second-order valence-electron chi connectivity index (χ2n) is 10.6. The average Bonchev–Trinajstić information content (AvgIpc) is 3.66. The normalized spacial score (nSPS) is 16.7. The first-order valence-electron chi connectivity index (χ1n) is 13.9. The van der Waals surface area contributed by atoms with Crippen molar-refractivity contribution in [3.63, 3.8) is 0 Å². The van der Waals surface area contributed by atoms with Gasteiger partial charge in [0.1, 0.15) is 0 Å². The van der Waals surface area contributed by atoms with Crippen LogP contribution in [-0.4, -0.2) is 54.7 Å². The highest BCUT2D eigenvalue weighted by molar-refractivity contribution is 6.68. The molecule has 2 atom stereocenters. The summed E-state index contributed by atoms with van der Waals surface area (Å²) in [5.74, 6) is -6.29. The smallest absolute Gasteiger partial charge is 0.439 e. The molecule has 44 heavy (non-hydrogen) atoms. The highest BCUT2D eigenvalue weighted by atomic mass is 16.5. The van der Waals surface area contributed by atoms with E-state index in [4.69, 9.17) is 4.74 Å². The third-order valence-electron chi connectivity index (χ3n) is 7.99. The summed E-state index contributed by atoms with van der Waals surface area (Å²) in [7, 11) is 0. The van der Waals surface area contributed by atoms with Crippen molar-refractivity contribution in [2.75, 3.05) is 6.61 Å². The minimum Gasteiger partial charge on any atom is -0.478 e. The number of nitrogens with zero attached hydrogens (tertiary/aromatic N) is 3. The second kappa shape index (κ2) is 10.9. The van der Waals surface area contributed by atoms with Crippen LogP contribution < -0.4 is 10.5 Å². The van der Waals surface area contributed by atoms with Gasteiger partial charge in [0.15, 0.2) is 5.82 Å². The number of rotatable bonds is 8. The number of Topliss-reactive ketones (excluding diaryl/α,β-unsaturated/α-hetero) is 3. The fraction of sp³-hybridized carbons (Fsp3) is 0.219. The molecule has 222 valence electrons. The van der Waals surface area contributed by atoms with Crippen molar-refractivity contribution in [3.05, 3.63) is 87.4 Å². The molecule has 2 N–H and O–H groups in total. The van der Waals surface area contributed by atoms with Crippen molar-refractivity contribution in [1.82, 2.24) is 19.7 Å². The van der Waals surface area contributed by atoms with E-state index in [-0.39, 0.29) is 30.3 Å². The number of aromatic nitrogens is 4. The molecule has 0 bridgehead atoms.